The van der Waals surface area contributed by atoms with Crippen molar-refractivity contribution >= 4 is 34.1 Å². The van der Waals surface area contributed by atoms with Crippen molar-refractivity contribution in [2.24, 2.45) is 5.92 Å². The van der Waals surface area contributed by atoms with Gasteiger partial charge in [0.25, 0.3) is 0 Å². The second-order valence-corrected chi connectivity index (χ2v) is 9.63. The first kappa shape index (κ1) is 22.7. The van der Waals surface area contributed by atoms with Crippen LogP contribution in [0, 0.1) is 5.92 Å². The van der Waals surface area contributed by atoms with Crippen LogP contribution in [0.25, 0.3) is 10.8 Å². The van der Waals surface area contributed by atoms with Gasteiger partial charge in [-0.1, -0.05) is 84.6 Å². The van der Waals surface area contributed by atoms with Gasteiger partial charge in [-0.2, -0.15) is 5.06 Å². The number of piperidine rings is 1. The molecule has 5 rings (SSSR count). The summed E-state index contributed by atoms with van der Waals surface area (Å²) >= 11 is 1.67. The summed E-state index contributed by atoms with van der Waals surface area (Å²) in [6, 6.07) is 32.9. The molecule has 0 atom stereocenters. The molecule has 0 aliphatic carbocycles. The molecule has 1 fully saturated rings. The lowest BCUT2D eigenvalue weighted by molar-refractivity contribution is -0.184. The molecule has 0 aromatic heterocycles. The zero-order chi connectivity index (χ0) is 23.2. The largest absolute Gasteiger partial charge is 0.325 e. The van der Waals surface area contributed by atoms with Crippen LogP contribution >= 0.6 is 11.8 Å². The van der Waals surface area contributed by atoms with Crippen LogP contribution in [-0.4, -0.2) is 24.1 Å². The van der Waals surface area contributed by atoms with E-state index >= 15 is 0 Å². The first-order chi connectivity index (χ1) is 16.8. The zero-order valence-corrected chi connectivity index (χ0v) is 19.8. The Morgan fingerprint density at radius 1 is 0.853 bits per heavy atom. The van der Waals surface area contributed by atoms with Crippen molar-refractivity contribution in [1.82, 2.24) is 5.06 Å². The van der Waals surface area contributed by atoms with Crippen LogP contribution in [0.2, 0.25) is 0 Å². The highest BCUT2D eigenvalue weighted by molar-refractivity contribution is 7.99. The number of hydroxylamine groups is 2. The van der Waals surface area contributed by atoms with E-state index in [0.29, 0.717) is 6.61 Å². The van der Waals surface area contributed by atoms with Crippen molar-refractivity contribution in [3.8, 4) is 0 Å². The third-order valence-corrected chi connectivity index (χ3v) is 7.31. The van der Waals surface area contributed by atoms with Gasteiger partial charge in [-0.3, -0.25) is 9.63 Å². The molecule has 34 heavy (non-hydrogen) atoms. The quantitative estimate of drug-likeness (QED) is 0.325. The molecule has 4 aromatic carbocycles. The Bertz CT molecular complexity index is 1250. The van der Waals surface area contributed by atoms with Crippen molar-refractivity contribution in [1.29, 1.82) is 0 Å². The van der Waals surface area contributed by atoms with E-state index in [1.54, 1.807) is 11.8 Å². The van der Waals surface area contributed by atoms with Gasteiger partial charge in [-0.05, 0) is 53.4 Å². The number of fused-ring (bicyclic) bond motifs is 1. The average Bonchev–Trinajstić information content (AvgIpc) is 2.89. The Hall–Kier alpha value is -3.12. The predicted octanol–water partition coefficient (Wildman–Crippen LogP) is 6.77. The summed E-state index contributed by atoms with van der Waals surface area (Å²) in [4.78, 5) is 21.3. The molecule has 172 valence electrons. The number of benzene rings is 4. The number of anilines is 1. The van der Waals surface area contributed by atoms with Gasteiger partial charge < -0.3 is 5.32 Å². The lowest BCUT2D eigenvalue weighted by Crippen LogP contribution is -2.38. The molecule has 1 N–H and O–H groups in total. The normalized spacial score (nSPS) is 14.8. The van der Waals surface area contributed by atoms with Crippen LogP contribution < -0.4 is 5.32 Å². The third-order valence-electron chi connectivity index (χ3n) is 6.22. The summed E-state index contributed by atoms with van der Waals surface area (Å²) in [6.45, 7) is 2.05. The van der Waals surface area contributed by atoms with Gasteiger partial charge in [-0.25, -0.2) is 0 Å². The molecular weight excluding hydrogens is 440 g/mol. The van der Waals surface area contributed by atoms with E-state index in [4.69, 9.17) is 4.84 Å². The second-order valence-electron chi connectivity index (χ2n) is 8.52. The molecule has 0 radical (unpaired) electrons. The molecule has 1 aliphatic heterocycles. The smallest absolute Gasteiger partial charge is 0.227 e. The molecular formula is C29H28N2O2S. The van der Waals surface area contributed by atoms with E-state index in [2.05, 4.69) is 66.0 Å². The fraction of sp³-hybridized carbons (Fsp3) is 0.207. The van der Waals surface area contributed by atoms with Crippen molar-refractivity contribution in [2.75, 3.05) is 18.4 Å². The van der Waals surface area contributed by atoms with Crippen LogP contribution in [0.5, 0.6) is 0 Å². The van der Waals surface area contributed by atoms with Gasteiger partial charge in [0.1, 0.15) is 0 Å². The highest BCUT2D eigenvalue weighted by atomic mass is 32.2. The predicted molar refractivity (Wildman–Crippen MR) is 139 cm³/mol. The molecule has 1 heterocycles. The van der Waals surface area contributed by atoms with Gasteiger partial charge in [0.2, 0.25) is 5.91 Å². The van der Waals surface area contributed by atoms with Crippen molar-refractivity contribution in [3.05, 3.63) is 103 Å². The molecule has 1 amide bonds. The number of hydrogen-bond acceptors (Lipinski definition) is 4. The molecule has 1 aliphatic rings. The maximum Gasteiger partial charge on any atom is 0.227 e. The molecule has 0 spiro atoms. The topological polar surface area (TPSA) is 41.6 Å². The van der Waals surface area contributed by atoms with Crippen molar-refractivity contribution in [3.63, 3.8) is 0 Å². The number of carbonyl (C=O) groups excluding carboxylic acids is 1. The number of nitrogens with one attached hydrogen (secondary N) is 1. The summed E-state index contributed by atoms with van der Waals surface area (Å²) < 4.78 is 0. The van der Waals surface area contributed by atoms with E-state index in [1.165, 1.54) is 16.3 Å². The Balaban J connectivity index is 1.15. The number of para-hydroxylation sites is 1. The molecule has 1 saturated heterocycles. The monoisotopic (exact) mass is 468 g/mol. The molecule has 4 aromatic rings. The van der Waals surface area contributed by atoms with E-state index in [-0.39, 0.29) is 11.8 Å². The van der Waals surface area contributed by atoms with Crippen LogP contribution in [0.1, 0.15) is 18.4 Å². The maximum atomic E-state index is 13.0. The number of hydrogen-bond donors (Lipinski definition) is 1. The SMILES string of the molecule is O=C(Nc1ccccc1Sc1ccccc1)C1CCN(OCc2cccc3ccccc23)CC1. The van der Waals surface area contributed by atoms with Crippen LogP contribution in [0.4, 0.5) is 5.69 Å². The minimum atomic E-state index is -0.00723. The highest BCUT2D eigenvalue weighted by Crippen LogP contribution is 2.34. The number of carbonyl (C=O) groups is 1. The Morgan fingerprint density at radius 3 is 2.41 bits per heavy atom. The fourth-order valence-electron chi connectivity index (χ4n) is 4.34. The Morgan fingerprint density at radius 2 is 1.56 bits per heavy atom. The second kappa shape index (κ2) is 10.9. The van der Waals surface area contributed by atoms with E-state index in [0.717, 1.165) is 41.4 Å². The van der Waals surface area contributed by atoms with Crippen molar-refractivity contribution in [2.45, 2.75) is 29.2 Å². The summed E-state index contributed by atoms with van der Waals surface area (Å²) in [5.41, 5.74) is 2.06. The number of amides is 1. The highest BCUT2D eigenvalue weighted by Gasteiger charge is 2.26. The minimum Gasteiger partial charge on any atom is -0.325 e. The Kier molecular flexibility index (Phi) is 7.25. The molecule has 5 heteroatoms. The van der Waals surface area contributed by atoms with E-state index in [1.807, 2.05) is 41.5 Å². The average molecular weight is 469 g/mol. The van der Waals surface area contributed by atoms with Gasteiger partial charge in [0.15, 0.2) is 0 Å². The first-order valence-electron chi connectivity index (χ1n) is 11.7. The van der Waals surface area contributed by atoms with Gasteiger partial charge in [0.05, 0.1) is 12.3 Å². The molecule has 4 nitrogen and oxygen atoms in total. The van der Waals surface area contributed by atoms with Gasteiger partial charge >= 0.3 is 0 Å². The summed E-state index contributed by atoms with van der Waals surface area (Å²) in [6.07, 6.45) is 1.57. The van der Waals surface area contributed by atoms with Crippen molar-refractivity contribution < 1.29 is 9.63 Å². The van der Waals surface area contributed by atoms with Crippen LogP contribution in [0.15, 0.2) is 107 Å². The fourth-order valence-corrected chi connectivity index (χ4v) is 5.26. The minimum absolute atomic E-state index is 0.00723. The number of nitrogens with zero attached hydrogens (tertiary/aromatic N) is 1. The van der Waals surface area contributed by atoms with E-state index in [9.17, 15) is 4.79 Å². The molecule has 0 saturated carbocycles. The summed E-state index contributed by atoms with van der Waals surface area (Å²) in [5, 5.41) is 7.63. The Labute approximate surface area is 204 Å². The van der Waals surface area contributed by atoms with E-state index < -0.39 is 0 Å². The van der Waals surface area contributed by atoms with Gasteiger partial charge in [-0.15, -0.1) is 0 Å². The summed E-state index contributed by atoms with van der Waals surface area (Å²) in [7, 11) is 0. The molecule has 0 bridgehead atoms. The molecule has 0 unspecified atom stereocenters. The third kappa shape index (κ3) is 5.50. The maximum absolute atomic E-state index is 13.0. The lowest BCUT2D eigenvalue weighted by atomic mass is 9.97. The lowest BCUT2D eigenvalue weighted by Gasteiger charge is -2.30. The van der Waals surface area contributed by atoms with Crippen LogP contribution in [0.3, 0.4) is 0 Å². The standard InChI is InChI=1S/C29H28N2O2S/c32-29(30-27-15-6-7-16-28(27)34-25-12-2-1-3-13-25)23-17-19-31(20-18-23)33-21-24-11-8-10-22-9-4-5-14-26(22)24/h1-16,23H,17-21H2,(H,30,32). The number of rotatable bonds is 7. The summed E-state index contributed by atoms with van der Waals surface area (Å²) in [5.74, 6) is 0.0852. The van der Waals surface area contributed by atoms with Crippen LogP contribution in [-0.2, 0) is 16.2 Å². The van der Waals surface area contributed by atoms with Gasteiger partial charge in [0, 0.05) is 28.8 Å². The first-order valence-corrected chi connectivity index (χ1v) is 12.6. The zero-order valence-electron chi connectivity index (χ0n) is 19.0.